The maximum Gasteiger partial charge on any atom is 0.142 e. The molecule has 16 heavy (non-hydrogen) atoms. The van der Waals surface area contributed by atoms with E-state index in [-0.39, 0.29) is 17.0 Å². The molecule has 1 fully saturated rings. The van der Waals surface area contributed by atoms with Crippen molar-refractivity contribution in [3.05, 3.63) is 34.6 Å². The number of aliphatic hydroxyl groups is 1. The van der Waals surface area contributed by atoms with Crippen LogP contribution >= 0.6 is 11.6 Å². The minimum atomic E-state index is -0.391. The molecule has 1 saturated heterocycles. The van der Waals surface area contributed by atoms with Crippen LogP contribution in [0.3, 0.4) is 0 Å². The van der Waals surface area contributed by atoms with Gasteiger partial charge in [-0.05, 0) is 37.1 Å². The molecule has 1 aliphatic rings. The molecule has 1 heterocycles. The SMILES string of the molecule is OC1CCNCC1Cc1ccc(Cl)c(F)c1. The Labute approximate surface area is 99.4 Å². The van der Waals surface area contributed by atoms with Crippen molar-refractivity contribution in [1.82, 2.24) is 5.32 Å². The van der Waals surface area contributed by atoms with Crippen LogP contribution in [0.5, 0.6) is 0 Å². The smallest absolute Gasteiger partial charge is 0.142 e. The standard InChI is InChI=1S/C12H15ClFNO/c13-10-2-1-8(6-11(10)14)5-9-7-15-4-3-12(9)16/h1-2,6,9,12,15-16H,3-5,7H2. The predicted molar refractivity (Wildman–Crippen MR) is 62.1 cm³/mol. The van der Waals surface area contributed by atoms with Crippen LogP contribution < -0.4 is 5.32 Å². The van der Waals surface area contributed by atoms with Gasteiger partial charge in [0.1, 0.15) is 5.82 Å². The summed E-state index contributed by atoms with van der Waals surface area (Å²) in [5, 5.41) is 13.2. The zero-order valence-corrected chi connectivity index (χ0v) is 9.67. The van der Waals surface area contributed by atoms with Gasteiger partial charge in [0.15, 0.2) is 0 Å². The Morgan fingerprint density at radius 3 is 3.00 bits per heavy atom. The first-order chi connectivity index (χ1) is 7.66. The highest BCUT2D eigenvalue weighted by molar-refractivity contribution is 6.30. The van der Waals surface area contributed by atoms with E-state index in [0.717, 1.165) is 25.1 Å². The average Bonchev–Trinajstić information content (AvgIpc) is 2.27. The van der Waals surface area contributed by atoms with Gasteiger partial charge in [0.05, 0.1) is 11.1 Å². The van der Waals surface area contributed by atoms with Crippen molar-refractivity contribution in [3.8, 4) is 0 Å². The normalized spacial score (nSPS) is 25.7. The van der Waals surface area contributed by atoms with Crippen molar-refractivity contribution in [1.29, 1.82) is 0 Å². The first-order valence-corrected chi connectivity index (χ1v) is 5.87. The Balaban J connectivity index is 2.05. The molecule has 2 atom stereocenters. The lowest BCUT2D eigenvalue weighted by Crippen LogP contribution is -2.40. The summed E-state index contributed by atoms with van der Waals surface area (Å²) in [6.07, 6.45) is 1.16. The maximum atomic E-state index is 13.2. The van der Waals surface area contributed by atoms with E-state index in [4.69, 9.17) is 11.6 Å². The summed E-state index contributed by atoms with van der Waals surface area (Å²) < 4.78 is 13.2. The van der Waals surface area contributed by atoms with Gasteiger partial charge in [-0.15, -0.1) is 0 Å². The Morgan fingerprint density at radius 2 is 2.31 bits per heavy atom. The number of piperidine rings is 1. The fourth-order valence-corrected chi connectivity index (χ4v) is 2.20. The highest BCUT2D eigenvalue weighted by atomic mass is 35.5. The topological polar surface area (TPSA) is 32.3 Å². The Morgan fingerprint density at radius 1 is 1.50 bits per heavy atom. The molecule has 0 radical (unpaired) electrons. The second-order valence-corrected chi connectivity index (χ2v) is 4.68. The Kier molecular flexibility index (Phi) is 3.79. The molecule has 2 N–H and O–H groups in total. The summed E-state index contributed by atoms with van der Waals surface area (Å²) in [4.78, 5) is 0. The van der Waals surface area contributed by atoms with E-state index in [2.05, 4.69) is 5.32 Å². The van der Waals surface area contributed by atoms with Gasteiger partial charge >= 0.3 is 0 Å². The van der Waals surface area contributed by atoms with E-state index in [1.54, 1.807) is 6.07 Å². The third-order valence-corrected chi connectivity index (χ3v) is 3.36. The third-order valence-electron chi connectivity index (χ3n) is 3.05. The lowest BCUT2D eigenvalue weighted by Gasteiger charge is -2.28. The largest absolute Gasteiger partial charge is 0.393 e. The molecule has 2 nitrogen and oxygen atoms in total. The van der Waals surface area contributed by atoms with Crippen molar-refractivity contribution in [2.45, 2.75) is 18.9 Å². The molecular weight excluding hydrogens is 229 g/mol. The number of halogens is 2. The van der Waals surface area contributed by atoms with Crippen LogP contribution in [0, 0.1) is 11.7 Å². The highest BCUT2D eigenvalue weighted by Gasteiger charge is 2.23. The van der Waals surface area contributed by atoms with Crippen LogP contribution in [-0.4, -0.2) is 24.3 Å². The zero-order chi connectivity index (χ0) is 11.5. The number of hydrogen-bond acceptors (Lipinski definition) is 2. The Bertz CT molecular complexity index is 372. The number of hydrogen-bond donors (Lipinski definition) is 2. The summed E-state index contributed by atoms with van der Waals surface area (Å²) in [6, 6.07) is 4.82. The number of benzene rings is 1. The van der Waals surface area contributed by atoms with E-state index in [1.807, 2.05) is 6.07 Å². The zero-order valence-electron chi connectivity index (χ0n) is 8.92. The quantitative estimate of drug-likeness (QED) is 0.833. The average molecular weight is 244 g/mol. The van der Waals surface area contributed by atoms with Gasteiger partial charge in [0, 0.05) is 12.5 Å². The molecular formula is C12H15ClFNO. The molecule has 0 aliphatic carbocycles. The van der Waals surface area contributed by atoms with Crippen molar-refractivity contribution in [2.75, 3.05) is 13.1 Å². The summed E-state index contributed by atoms with van der Waals surface area (Å²) >= 11 is 5.62. The fourth-order valence-electron chi connectivity index (χ4n) is 2.09. The van der Waals surface area contributed by atoms with Crippen LogP contribution in [0.4, 0.5) is 4.39 Å². The number of rotatable bonds is 2. The van der Waals surface area contributed by atoms with E-state index in [1.165, 1.54) is 6.07 Å². The second-order valence-electron chi connectivity index (χ2n) is 4.27. The summed E-state index contributed by atoms with van der Waals surface area (Å²) in [7, 11) is 0. The molecule has 1 aromatic carbocycles. The Hall–Kier alpha value is -0.640. The van der Waals surface area contributed by atoms with E-state index in [0.29, 0.717) is 6.42 Å². The minimum absolute atomic E-state index is 0.145. The second kappa shape index (κ2) is 5.13. The molecule has 2 rings (SSSR count). The first-order valence-electron chi connectivity index (χ1n) is 5.49. The summed E-state index contributed by atoms with van der Waals surface area (Å²) in [5.41, 5.74) is 0.884. The van der Waals surface area contributed by atoms with Crippen LogP contribution in [0.1, 0.15) is 12.0 Å². The van der Waals surface area contributed by atoms with Gasteiger partial charge in [0.2, 0.25) is 0 Å². The van der Waals surface area contributed by atoms with E-state index in [9.17, 15) is 9.50 Å². The maximum absolute atomic E-state index is 13.2. The number of nitrogens with one attached hydrogen (secondary N) is 1. The predicted octanol–water partition coefficient (Wildman–Crippen LogP) is 1.99. The van der Waals surface area contributed by atoms with Gasteiger partial charge < -0.3 is 10.4 Å². The molecule has 0 saturated carbocycles. The monoisotopic (exact) mass is 243 g/mol. The third kappa shape index (κ3) is 2.73. The molecule has 0 amide bonds. The molecule has 2 unspecified atom stereocenters. The molecule has 88 valence electrons. The molecule has 0 aromatic heterocycles. The van der Waals surface area contributed by atoms with Crippen LogP contribution in [-0.2, 0) is 6.42 Å². The van der Waals surface area contributed by atoms with Crippen LogP contribution in [0.25, 0.3) is 0 Å². The van der Waals surface area contributed by atoms with Crippen molar-refractivity contribution < 1.29 is 9.50 Å². The summed E-state index contributed by atoms with van der Waals surface area (Å²) in [6.45, 7) is 1.64. The fraction of sp³-hybridized carbons (Fsp3) is 0.500. The number of aliphatic hydroxyl groups excluding tert-OH is 1. The van der Waals surface area contributed by atoms with Gasteiger partial charge in [0.25, 0.3) is 0 Å². The molecule has 1 aliphatic heterocycles. The van der Waals surface area contributed by atoms with Gasteiger partial charge in [-0.2, -0.15) is 0 Å². The van der Waals surface area contributed by atoms with Crippen molar-refractivity contribution in [2.24, 2.45) is 5.92 Å². The molecule has 0 bridgehead atoms. The lowest BCUT2D eigenvalue weighted by molar-refractivity contribution is 0.0791. The van der Waals surface area contributed by atoms with Gasteiger partial charge in [-0.1, -0.05) is 17.7 Å². The first kappa shape index (κ1) is 11.8. The van der Waals surface area contributed by atoms with Crippen LogP contribution in [0.15, 0.2) is 18.2 Å². The van der Waals surface area contributed by atoms with E-state index >= 15 is 0 Å². The highest BCUT2D eigenvalue weighted by Crippen LogP contribution is 2.21. The molecule has 1 aromatic rings. The van der Waals surface area contributed by atoms with Crippen LogP contribution in [0.2, 0.25) is 5.02 Å². The van der Waals surface area contributed by atoms with Gasteiger partial charge in [-0.25, -0.2) is 4.39 Å². The summed E-state index contributed by atoms with van der Waals surface area (Å²) in [5.74, 6) is -0.230. The van der Waals surface area contributed by atoms with Gasteiger partial charge in [-0.3, -0.25) is 0 Å². The minimum Gasteiger partial charge on any atom is -0.393 e. The van der Waals surface area contributed by atoms with E-state index < -0.39 is 5.82 Å². The lowest BCUT2D eigenvalue weighted by atomic mass is 9.90. The molecule has 0 spiro atoms. The van der Waals surface area contributed by atoms with Crippen molar-refractivity contribution >= 4 is 11.6 Å². The van der Waals surface area contributed by atoms with Crippen molar-refractivity contribution in [3.63, 3.8) is 0 Å². The molecule has 4 heteroatoms.